The molecule has 1 saturated carbocycles. The van der Waals surface area contributed by atoms with Crippen molar-refractivity contribution in [3.8, 4) is 5.75 Å². The van der Waals surface area contributed by atoms with Crippen LogP contribution in [0.4, 0.5) is 4.79 Å². The van der Waals surface area contributed by atoms with Crippen LogP contribution in [0.25, 0.3) is 0 Å². The first-order chi connectivity index (χ1) is 10.5. The molecule has 6 heteroatoms. The Morgan fingerprint density at radius 1 is 1.27 bits per heavy atom. The zero-order valence-corrected chi connectivity index (χ0v) is 13.4. The highest BCUT2D eigenvalue weighted by molar-refractivity contribution is 6.32. The lowest BCUT2D eigenvalue weighted by molar-refractivity contribution is -0.122. The summed E-state index contributed by atoms with van der Waals surface area (Å²) >= 11 is 5.98. The number of urea groups is 1. The molecule has 1 aromatic carbocycles. The van der Waals surface area contributed by atoms with Crippen molar-refractivity contribution in [2.24, 2.45) is 0 Å². The zero-order valence-electron chi connectivity index (χ0n) is 12.7. The first-order valence-corrected chi connectivity index (χ1v) is 7.91. The van der Waals surface area contributed by atoms with E-state index in [1.54, 1.807) is 12.1 Å². The van der Waals surface area contributed by atoms with Gasteiger partial charge in [0.05, 0.1) is 5.02 Å². The van der Waals surface area contributed by atoms with E-state index in [0.29, 0.717) is 10.8 Å². The van der Waals surface area contributed by atoms with Crippen LogP contribution in [0.15, 0.2) is 18.2 Å². The van der Waals surface area contributed by atoms with Gasteiger partial charge in [-0.25, -0.2) is 4.79 Å². The summed E-state index contributed by atoms with van der Waals surface area (Å²) in [4.78, 5) is 23.5. The molecule has 0 bridgehead atoms. The highest BCUT2D eigenvalue weighted by atomic mass is 35.5. The average Bonchev–Trinajstić information content (AvgIpc) is 2.49. The van der Waals surface area contributed by atoms with Gasteiger partial charge in [-0.05, 0) is 37.5 Å². The summed E-state index contributed by atoms with van der Waals surface area (Å²) < 4.78 is 5.35. The largest absolute Gasteiger partial charge is 0.482 e. The van der Waals surface area contributed by atoms with Crippen LogP contribution >= 0.6 is 11.6 Å². The molecule has 1 aromatic rings. The number of hydrogen-bond acceptors (Lipinski definition) is 3. The van der Waals surface area contributed by atoms with Crippen LogP contribution in [-0.4, -0.2) is 24.6 Å². The number of carbonyl (C=O) groups excluding carboxylic acids is 2. The average molecular weight is 325 g/mol. The monoisotopic (exact) mass is 324 g/mol. The normalized spacial score (nSPS) is 15.2. The van der Waals surface area contributed by atoms with E-state index in [1.807, 2.05) is 13.0 Å². The van der Waals surface area contributed by atoms with Crippen molar-refractivity contribution in [3.63, 3.8) is 0 Å². The minimum absolute atomic E-state index is 0.161. The van der Waals surface area contributed by atoms with Crippen molar-refractivity contribution in [1.29, 1.82) is 0 Å². The number of nitrogens with one attached hydrogen (secondary N) is 2. The third kappa shape index (κ3) is 5.22. The highest BCUT2D eigenvalue weighted by Gasteiger charge is 2.17. The third-order valence-electron chi connectivity index (χ3n) is 3.64. The smallest absolute Gasteiger partial charge is 0.321 e. The summed E-state index contributed by atoms with van der Waals surface area (Å²) in [5.41, 5.74) is 0.981. The molecule has 0 heterocycles. The van der Waals surface area contributed by atoms with Gasteiger partial charge < -0.3 is 10.1 Å². The van der Waals surface area contributed by atoms with Gasteiger partial charge in [-0.3, -0.25) is 10.1 Å². The van der Waals surface area contributed by atoms with Crippen LogP contribution in [-0.2, 0) is 4.79 Å². The fourth-order valence-electron chi connectivity index (χ4n) is 2.50. The van der Waals surface area contributed by atoms with Gasteiger partial charge in [0.1, 0.15) is 5.75 Å². The van der Waals surface area contributed by atoms with Gasteiger partial charge in [-0.2, -0.15) is 0 Å². The lowest BCUT2D eigenvalue weighted by atomic mass is 9.96. The Morgan fingerprint density at radius 3 is 2.73 bits per heavy atom. The molecule has 5 nitrogen and oxygen atoms in total. The minimum atomic E-state index is -0.495. The van der Waals surface area contributed by atoms with Gasteiger partial charge >= 0.3 is 6.03 Å². The maximum absolute atomic E-state index is 11.7. The lowest BCUT2D eigenvalue weighted by Crippen LogP contribution is -2.46. The molecule has 22 heavy (non-hydrogen) atoms. The van der Waals surface area contributed by atoms with Gasteiger partial charge in [-0.1, -0.05) is 36.9 Å². The molecule has 2 N–H and O–H groups in total. The maximum atomic E-state index is 11.7. The lowest BCUT2D eigenvalue weighted by Gasteiger charge is -2.22. The second-order valence-corrected chi connectivity index (χ2v) is 5.99. The summed E-state index contributed by atoms with van der Waals surface area (Å²) in [6, 6.07) is 5.01. The van der Waals surface area contributed by atoms with Crippen LogP contribution in [0.5, 0.6) is 5.75 Å². The quantitative estimate of drug-likeness (QED) is 0.893. The Hall–Kier alpha value is -1.75. The van der Waals surface area contributed by atoms with E-state index >= 15 is 0 Å². The summed E-state index contributed by atoms with van der Waals surface area (Å²) in [6.45, 7) is 1.65. The highest BCUT2D eigenvalue weighted by Crippen LogP contribution is 2.25. The van der Waals surface area contributed by atoms with Crippen molar-refractivity contribution in [1.82, 2.24) is 10.6 Å². The van der Waals surface area contributed by atoms with Crippen LogP contribution in [0, 0.1) is 6.92 Å². The Balaban J connectivity index is 1.75. The van der Waals surface area contributed by atoms with E-state index in [1.165, 1.54) is 6.42 Å². The number of halogens is 1. The molecule has 120 valence electrons. The van der Waals surface area contributed by atoms with Crippen LogP contribution in [0.1, 0.15) is 37.7 Å². The van der Waals surface area contributed by atoms with Crippen molar-refractivity contribution >= 4 is 23.5 Å². The predicted molar refractivity (Wildman–Crippen MR) is 85.2 cm³/mol. The molecule has 0 radical (unpaired) electrons. The molecular formula is C16H21ClN2O3. The van der Waals surface area contributed by atoms with Crippen LogP contribution in [0.3, 0.4) is 0 Å². The van der Waals surface area contributed by atoms with E-state index in [2.05, 4.69) is 10.6 Å². The van der Waals surface area contributed by atoms with E-state index in [-0.39, 0.29) is 12.6 Å². The topological polar surface area (TPSA) is 67.4 Å². The summed E-state index contributed by atoms with van der Waals surface area (Å²) in [5.74, 6) is -0.0598. The number of hydrogen-bond donors (Lipinski definition) is 2. The molecule has 1 aliphatic carbocycles. The molecule has 0 saturated heterocycles. The van der Waals surface area contributed by atoms with Crippen molar-refractivity contribution in [2.75, 3.05) is 6.61 Å². The summed E-state index contributed by atoms with van der Waals surface area (Å²) in [7, 11) is 0. The Kier molecular flexibility index (Phi) is 6.07. The number of aryl methyl sites for hydroxylation is 1. The van der Waals surface area contributed by atoms with Crippen molar-refractivity contribution < 1.29 is 14.3 Å². The van der Waals surface area contributed by atoms with Gasteiger partial charge in [-0.15, -0.1) is 0 Å². The first kappa shape index (κ1) is 16.6. The number of imide groups is 1. The van der Waals surface area contributed by atoms with Crippen LogP contribution in [0.2, 0.25) is 5.02 Å². The zero-order chi connectivity index (χ0) is 15.9. The second-order valence-electron chi connectivity index (χ2n) is 5.58. The summed E-state index contributed by atoms with van der Waals surface area (Å²) in [6.07, 6.45) is 5.39. The number of carbonyl (C=O) groups is 2. The van der Waals surface area contributed by atoms with Gasteiger partial charge in [0.15, 0.2) is 6.61 Å². The number of amides is 3. The molecule has 3 amide bonds. The van der Waals surface area contributed by atoms with E-state index in [9.17, 15) is 9.59 Å². The van der Waals surface area contributed by atoms with E-state index < -0.39 is 11.9 Å². The molecule has 0 unspecified atom stereocenters. The van der Waals surface area contributed by atoms with Crippen LogP contribution < -0.4 is 15.4 Å². The standard InChI is InChI=1S/C16H21ClN2O3/c1-11-7-8-13(17)14(9-11)22-10-15(20)19-16(21)18-12-5-3-2-4-6-12/h7-9,12H,2-6,10H2,1H3,(H2,18,19,20,21). The Labute approximate surface area is 135 Å². The van der Waals surface area contributed by atoms with E-state index in [4.69, 9.17) is 16.3 Å². The molecule has 0 spiro atoms. The van der Waals surface area contributed by atoms with Gasteiger partial charge in [0, 0.05) is 6.04 Å². The number of benzene rings is 1. The molecule has 1 fully saturated rings. The molecule has 1 aliphatic rings. The molecule has 0 aromatic heterocycles. The number of rotatable bonds is 4. The number of ether oxygens (including phenoxy) is 1. The maximum Gasteiger partial charge on any atom is 0.321 e. The van der Waals surface area contributed by atoms with Gasteiger partial charge in [0.25, 0.3) is 5.91 Å². The molecular weight excluding hydrogens is 304 g/mol. The SMILES string of the molecule is Cc1ccc(Cl)c(OCC(=O)NC(=O)NC2CCCCC2)c1. The van der Waals surface area contributed by atoms with Crippen molar-refractivity contribution in [3.05, 3.63) is 28.8 Å². The summed E-state index contributed by atoms with van der Waals surface area (Å²) in [5, 5.41) is 5.53. The Bertz CT molecular complexity index is 542. The Morgan fingerprint density at radius 2 is 2.00 bits per heavy atom. The fourth-order valence-corrected chi connectivity index (χ4v) is 2.67. The predicted octanol–water partition coefficient (Wildman–Crippen LogP) is 3.19. The minimum Gasteiger partial charge on any atom is -0.482 e. The molecule has 0 atom stereocenters. The second kappa shape index (κ2) is 8.03. The third-order valence-corrected chi connectivity index (χ3v) is 3.95. The molecule has 2 rings (SSSR count). The van der Waals surface area contributed by atoms with E-state index in [0.717, 1.165) is 31.2 Å². The first-order valence-electron chi connectivity index (χ1n) is 7.54. The van der Waals surface area contributed by atoms with Gasteiger partial charge in [0.2, 0.25) is 0 Å². The van der Waals surface area contributed by atoms with Crippen molar-refractivity contribution in [2.45, 2.75) is 45.1 Å². The fraction of sp³-hybridized carbons (Fsp3) is 0.500. The molecule has 0 aliphatic heterocycles.